The molecule has 1 heterocycles. The van der Waals surface area contributed by atoms with E-state index in [2.05, 4.69) is 26.4 Å². The molecule has 2 aromatic carbocycles. The van der Waals surface area contributed by atoms with Crippen LogP contribution in [0.4, 0.5) is 10.3 Å². The Balaban J connectivity index is 1.65. The molecule has 3 aromatic rings. The first kappa shape index (κ1) is 16.4. The highest BCUT2D eigenvalue weighted by Crippen LogP contribution is 2.23. The van der Waals surface area contributed by atoms with Gasteiger partial charge in [-0.25, -0.2) is 4.39 Å². The lowest BCUT2D eigenvalue weighted by Gasteiger charge is -2.03. The smallest absolute Gasteiger partial charge is 0.225 e. The van der Waals surface area contributed by atoms with Gasteiger partial charge in [0.1, 0.15) is 11.5 Å². The van der Waals surface area contributed by atoms with Crippen LogP contribution in [0.1, 0.15) is 15.9 Å². The highest BCUT2D eigenvalue weighted by molar-refractivity contribution is 9.10. The second-order valence-corrected chi connectivity index (χ2v) is 6.24. The van der Waals surface area contributed by atoms with Crippen molar-refractivity contribution in [2.75, 3.05) is 11.9 Å². The van der Waals surface area contributed by atoms with Crippen molar-refractivity contribution in [3.05, 3.63) is 69.9 Å². The Labute approximate surface area is 146 Å². The van der Waals surface area contributed by atoms with E-state index in [0.29, 0.717) is 22.7 Å². The number of hydrogen-bond acceptors (Lipinski definition) is 4. The van der Waals surface area contributed by atoms with Crippen LogP contribution < -0.4 is 5.32 Å². The molecule has 0 bridgehead atoms. The molecule has 0 aliphatic heterocycles. The number of halogens is 2. The summed E-state index contributed by atoms with van der Waals surface area (Å²) in [4.78, 5) is 12.1. The predicted octanol–water partition coefficient (Wildman–Crippen LogP) is 4.85. The Morgan fingerprint density at radius 3 is 2.67 bits per heavy atom. The van der Waals surface area contributed by atoms with Crippen LogP contribution in [0.15, 0.2) is 57.5 Å². The van der Waals surface area contributed by atoms with Crippen LogP contribution in [-0.4, -0.2) is 17.5 Å². The highest BCUT2D eigenvalue weighted by atomic mass is 79.9. The molecule has 0 radical (unpaired) electrons. The molecule has 0 unspecified atom stereocenters. The highest BCUT2D eigenvalue weighted by Gasteiger charge is 2.11. The van der Waals surface area contributed by atoms with E-state index >= 15 is 0 Å². The van der Waals surface area contributed by atoms with E-state index in [1.807, 2.05) is 24.3 Å². The summed E-state index contributed by atoms with van der Waals surface area (Å²) in [6.45, 7) is 1.65. The fourth-order valence-corrected chi connectivity index (χ4v) is 2.42. The zero-order valence-electron chi connectivity index (χ0n) is 12.8. The van der Waals surface area contributed by atoms with Crippen molar-refractivity contribution in [2.24, 2.45) is 0 Å². The van der Waals surface area contributed by atoms with Gasteiger partial charge in [0.2, 0.25) is 5.88 Å². The molecule has 0 spiro atoms. The van der Waals surface area contributed by atoms with Gasteiger partial charge in [0, 0.05) is 21.7 Å². The number of nitrogens with one attached hydrogen (secondary N) is 1. The lowest BCUT2D eigenvalue weighted by Crippen LogP contribution is -2.13. The van der Waals surface area contributed by atoms with E-state index in [-0.39, 0.29) is 12.3 Å². The van der Waals surface area contributed by atoms with Crippen LogP contribution in [-0.2, 0) is 0 Å². The molecule has 4 nitrogen and oxygen atoms in total. The Morgan fingerprint density at radius 1 is 1.21 bits per heavy atom. The summed E-state index contributed by atoms with van der Waals surface area (Å²) in [7, 11) is 0. The van der Waals surface area contributed by atoms with Gasteiger partial charge >= 0.3 is 0 Å². The number of rotatable bonds is 5. The third-order valence-corrected chi connectivity index (χ3v) is 4.10. The fourth-order valence-electron chi connectivity index (χ4n) is 2.15. The number of Topliss-reactive ketones (excluding diaryl/α,β-unsaturated/α-hetero) is 1. The van der Waals surface area contributed by atoms with Gasteiger partial charge < -0.3 is 9.84 Å². The number of aromatic nitrogens is 1. The first-order valence-corrected chi connectivity index (χ1v) is 8.08. The number of ketones is 1. The van der Waals surface area contributed by atoms with Crippen LogP contribution in [0.5, 0.6) is 0 Å². The molecule has 0 aliphatic carbocycles. The second kappa shape index (κ2) is 6.97. The summed E-state index contributed by atoms with van der Waals surface area (Å²) in [5, 5.41) is 6.84. The number of nitrogens with zero attached hydrogens (tertiary/aromatic N) is 1. The molecule has 24 heavy (non-hydrogen) atoms. The Morgan fingerprint density at radius 2 is 1.96 bits per heavy atom. The summed E-state index contributed by atoms with van der Waals surface area (Å²) >= 11 is 3.38. The molecule has 0 fully saturated rings. The van der Waals surface area contributed by atoms with Crippen LogP contribution in [0.25, 0.3) is 11.3 Å². The SMILES string of the molecule is Cc1ccc(C(=O)CNc2cc(-c3ccc(Br)cc3)no2)cc1F. The average Bonchev–Trinajstić information content (AvgIpc) is 3.05. The fraction of sp³-hybridized carbons (Fsp3) is 0.111. The Bertz CT molecular complexity index is 875. The predicted molar refractivity (Wildman–Crippen MR) is 93.6 cm³/mol. The molecule has 122 valence electrons. The maximum Gasteiger partial charge on any atom is 0.225 e. The van der Waals surface area contributed by atoms with Crippen molar-refractivity contribution in [1.29, 1.82) is 0 Å². The van der Waals surface area contributed by atoms with Crippen molar-refractivity contribution >= 4 is 27.6 Å². The molecular formula is C18H14BrFN2O2. The second-order valence-electron chi connectivity index (χ2n) is 5.32. The first-order valence-electron chi connectivity index (χ1n) is 7.29. The van der Waals surface area contributed by atoms with E-state index in [0.717, 1.165) is 10.0 Å². The quantitative estimate of drug-likeness (QED) is 0.634. The van der Waals surface area contributed by atoms with Crippen molar-refractivity contribution in [3.63, 3.8) is 0 Å². The van der Waals surface area contributed by atoms with Crippen molar-refractivity contribution in [2.45, 2.75) is 6.92 Å². The van der Waals surface area contributed by atoms with Crippen molar-refractivity contribution in [1.82, 2.24) is 5.16 Å². The van der Waals surface area contributed by atoms with Gasteiger partial charge in [-0.3, -0.25) is 4.79 Å². The number of carbonyl (C=O) groups excluding carboxylic acids is 1. The van der Waals surface area contributed by atoms with Gasteiger partial charge in [0.05, 0.1) is 6.54 Å². The van der Waals surface area contributed by atoms with Crippen molar-refractivity contribution in [3.8, 4) is 11.3 Å². The Kier molecular flexibility index (Phi) is 4.76. The largest absolute Gasteiger partial charge is 0.347 e. The van der Waals surface area contributed by atoms with Crippen LogP contribution in [0.3, 0.4) is 0 Å². The van der Waals surface area contributed by atoms with Crippen LogP contribution in [0, 0.1) is 12.7 Å². The van der Waals surface area contributed by atoms with Crippen LogP contribution in [0.2, 0.25) is 0 Å². The Hall–Kier alpha value is -2.47. The molecule has 0 aliphatic rings. The number of carbonyl (C=O) groups is 1. The minimum absolute atomic E-state index is 0.00251. The van der Waals surface area contributed by atoms with E-state index in [1.54, 1.807) is 25.1 Å². The lowest BCUT2D eigenvalue weighted by molar-refractivity contribution is 0.100. The van der Waals surface area contributed by atoms with Gasteiger partial charge in [-0.1, -0.05) is 45.4 Å². The molecule has 0 saturated carbocycles. The van der Waals surface area contributed by atoms with E-state index in [4.69, 9.17) is 4.52 Å². The number of anilines is 1. The lowest BCUT2D eigenvalue weighted by atomic mass is 10.1. The summed E-state index contributed by atoms with van der Waals surface area (Å²) < 4.78 is 19.7. The standard InChI is InChI=1S/C18H14BrFN2O2/c1-11-2-3-13(8-15(11)20)17(23)10-21-18-9-16(22-24-18)12-4-6-14(19)7-5-12/h2-9,21H,10H2,1H3. The monoisotopic (exact) mass is 388 g/mol. The van der Waals surface area contributed by atoms with Gasteiger partial charge in [0.25, 0.3) is 0 Å². The first-order chi connectivity index (χ1) is 11.5. The molecular weight excluding hydrogens is 375 g/mol. The molecule has 0 saturated heterocycles. The van der Waals surface area contributed by atoms with E-state index in [9.17, 15) is 9.18 Å². The molecule has 0 amide bonds. The maximum absolute atomic E-state index is 13.5. The number of hydrogen-bond donors (Lipinski definition) is 1. The average molecular weight is 389 g/mol. The van der Waals surface area contributed by atoms with E-state index < -0.39 is 5.82 Å². The third-order valence-electron chi connectivity index (χ3n) is 3.57. The summed E-state index contributed by atoms with van der Waals surface area (Å²) in [6.07, 6.45) is 0. The molecule has 0 atom stereocenters. The van der Waals surface area contributed by atoms with Crippen LogP contribution >= 0.6 is 15.9 Å². The van der Waals surface area contributed by atoms with Gasteiger partial charge in [-0.15, -0.1) is 0 Å². The van der Waals surface area contributed by atoms with Crippen molar-refractivity contribution < 1.29 is 13.7 Å². The molecule has 3 rings (SSSR count). The topological polar surface area (TPSA) is 55.1 Å². The molecule has 1 aromatic heterocycles. The van der Waals surface area contributed by atoms with Gasteiger partial charge in [-0.05, 0) is 30.7 Å². The normalized spacial score (nSPS) is 10.6. The number of benzene rings is 2. The summed E-state index contributed by atoms with van der Waals surface area (Å²) in [5.41, 5.74) is 2.40. The third kappa shape index (κ3) is 3.71. The maximum atomic E-state index is 13.5. The zero-order chi connectivity index (χ0) is 17.1. The number of aryl methyl sites for hydroxylation is 1. The van der Waals surface area contributed by atoms with E-state index in [1.165, 1.54) is 6.07 Å². The zero-order valence-corrected chi connectivity index (χ0v) is 14.4. The summed E-state index contributed by atoms with van der Waals surface area (Å²) in [5.74, 6) is -0.234. The minimum Gasteiger partial charge on any atom is -0.347 e. The summed E-state index contributed by atoms with van der Waals surface area (Å²) in [6, 6.07) is 13.8. The molecule has 1 N–H and O–H groups in total. The minimum atomic E-state index is -0.391. The molecule has 6 heteroatoms. The van der Waals surface area contributed by atoms with Gasteiger partial charge in [0.15, 0.2) is 5.78 Å². The van der Waals surface area contributed by atoms with Gasteiger partial charge in [-0.2, -0.15) is 0 Å².